The van der Waals surface area contributed by atoms with Gasteiger partial charge in [0.1, 0.15) is 0 Å². The summed E-state index contributed by atoms with van der Waals surface area (Å²) in [4.78, 5) is 0. The van der Waals surface area contributed by atoms with Crippen LogP contribution >= 0.6 is 0 Å². The first kappa shape index (κ1) is 14.3. The van der Waals surface area contributed by atoms with Crippen LogP contribution in [0.5, 0.6) is 0 Å². The zero-order valence-corrected chi connectivity index (χ0v) is 12.5. The Morgan fingerprint density at radius 3 is 2.44 bits per heavy atom. The standard InChI is InChI=1S/C16H31NO/c1-4-13(5-2)9-16(12-17-6-7-18-3)10-14-8-15(14)11-16/h13-15,17H,4-12H2,1-3H3. The van der Waals surface area contributed by atoms with E-state index < -0.39 is 0 Å². The molecule has 106 valence electrons. The highest BCUT2D eigenvalue weighted by molar-refractivity contribution is 5.04. The zero-order valence-electron chi connectivity index (χ0n) is 12.5. The highest BCUT2D eigenvalue weighted by Gasteiger charge is 2.53. The van der Waals surface area contributed by atoms with Gasteiger partial charge >= 0.3 is 0 Å². The molecular formula is C16H31NO. The Labute approximate surface area is 113 Å². The van der Waals surface area contributed by atoms with Crippen molar-refractivity contribution in [2.45, 2.75) is 52.4 Å². The lowest BCUT2D eigenvalue weighted by atomic mass is 9.74. The average molecular weight is 253 g/mol. The van der Waals surface area contributed by atoms with Crippen molar-refractivity contribution in [2.75, 3.05) is 26.8 Å². The molecule has 0 spiro atoms. The Hall–Kier alpha value is -0.0800. The summed E-state index contributed by atoms with van der Waals surface area (Å²) < 4.78 is 5.13. The van der Waals surface area contributed by atoms with Crippen LogP contribution in [0, 0.1) is 23.2 Å². The summed E-state index contributed by atoms with van der Waals surface area (Å²) in [5.41, 5.74) is 0.623. The fraction of sp³-hybridized carbons (Fsp3) is 1.00. The van der Waals surface area contributed by atoms with Gasteiger partial charge < -0.3 is 10.1 Å². The molecular weight excluding hydrogens is 222 g/mol. The number of hydrogen-bond donors (Lipinski definition) is 1. The van der Waals surface area contributed by atoms with Gasteiger partial charge in [-0.1, -0.05) is 26.7 Å². The van der Waals surface area contributed by atoms with E-state index in [-0.39, 0.29) is 0 Å². The lowest BCUT2D eigenvalue weighted by Gasteiger charge is -2.34. The van der Waals surface area contributed by atoms with Gasteiger partial charge in [-0.05, 0) is 48.9 Å². The third-order valence-electron chi connectivity index (χ3n) is 5.32. The Kier molecular flexibility index (Phi) is 5.08. The maximum absolute atomic E-state index is 5.13. The molecule has 2 fully saturated rings. The third kappa shape index (κ3) is 3.48. The molecule has 2 unspecified atom stereocenters. The number of methoxy groups -OCH3 is 1. The van der Waals surface area contributed by atoms with Gasteiger partial charge in [-0.3, -0.25) is 0 Å². The van der Waals surface area contributed by atoms with Crippen molar-refractivity contribution < 1.29 is 4.74 Å². The fourth-order valence-electron chi connectivity index (χ4n) is 4.11. The smallest absolute Gasteiger partial charge is 0.0587 e. The molecule has 0 aromatic rings. The number of hydrogen-bond acceptors (Lipinski definition) is 2. The van der Waals surface area contributed by atoms with Crippen LogP contribution < -0.4 is 5.32 Å². The summed E-state index contributed by atoms with van der Waals surface area (Å²) >= 11 is 0. The highest BCUT2D eigenvalue weighted by atomic mass is 16.5. The van der Waals surface area contributed by atoms with Crippen molar-refractivity contribution in [3.63, 3.8) is 0 Å². The predicted molar refractivity (Wildman–Crippen MR) is 76.7 cm³/mol. The molecule has 0 aliphatic heterocycles. The quantitative estimate of drug-likeness (QED) is 0.635. The van der Waals surface area contributed by atoms with Gasteiger partial charge in [-0.15, -0.1) is 0 Å². The summed E-state index contributed by atoms with van der Waals surface area (Å²) in [5, 5.41) is 3.64. The van der Waals surface area contributed by atoms with Crippen molar-refractivity contribution in [1.82, 2.24) is 5.32 Å². The van der Waals surface area contributed by atoms with Crippen LogP contribution in [0.3, 0.4) is 0 Å². The number of fused-ring (bicyclic) bond motifs is 1. The van der Waals surface area contributed by atoms with E-state index >= 15 is 0 Å². The molecule has 2 rings (SSSR count). The van der Waals surface area contributed by atoms with E-state index in [1.165, 1.54) is 45.1 Å². The average Bonchev–Trinajstić information content (AvgIpc) is 3.00. The van der Waals surface area contributed by atoms with E-state index in [2.05, 4.69) is 19.2 Å². The molecule has 2 aliphatic carbocycles. The second-order valence-corrected chi connectivity index (χ2v) is 6.72. The SMILES string of the molecule is CCC(CC)CC1(CNCCOC)CC2CC2C1. The summed E-state index contributed by atoms with van der Waals surface area (Å²) in [6.45, 7) is 7.79. The van der Waals surface area contributed by atoms with Crippen LogP contribution in [0.4, 0.5) is 0 Å². The molecule has 0 amide bonds. The van der Waals surface area contributed by atoms with Crippen LogP contribution in [0.2, 0.25) is 0 Å². The maximum atomic E-state index is 5.13. The topological polar surface area (TPSA) is 21.3 Å². The van der Waals surface area contributed by atoms with Crippen molar-refractivity contribution in [2.24, 2.45) is 23.2 Å². The van der Waals surface area contributed by atoms with E-state index in [0.29, 0.717) is 5.41 Å². The number of rotatable bonds is 9. The van der Waals surface area contributed by atoms with Crippen LogP contribution in [-0.2, 0) is 4.74 Å². The first-order chi connectivity index (χ1) is 8.73. The molecule has 2 nitrogen and oxygen atoms in total. The minimum atomic E-state index is 0.623. The summed E-state index contributed by atoms with van der Waals surface area (Å²) in [6, 6.07) is 0. The van der Waals surface area contributed by atoms with Crippen LogP contribution in [-0.4, -0.2) is 26.8 Å². The minimum Gasteiger partial charge on any atom is -0.383 e. The molecule has 0 radical (unpaired) electrons. The highest BCUT2D eigenvalue weighted by Crippen LogP contribution is 2.61. The lowest BCUT2D eigenvalue weighted by molar-refractivity contribution is 0.165. The van der Waals surface area contributed by atoms with Crippen LogP contribution in [0.1, 0.15) is 52.4 Å². The monoisotopic (exact) mass is 253 g/mol. The molecule has 2 heteroatoms. The third-order valence-corrected chi connectivity index (χ3v) is 5.32. The van der Waals surface area contributed by atoms with E-state index in [4.69, 9.17) is 4.74 Å². The van der Waals surface area contributed by atoms with Gasteiger partial charge in [-0.2, -0.15) is 0 Å². The molecule has 0 bridgehead atoms. The predicted octanol–water partition coefficient (Wildman–Crippen LogP) is 3.47. The maximum Gasteiger partial charge on any atom is 0.0587 e. The van der Waals surface area contributed by atoms with E-state index in [9.17, 15) is 0 Å². The molecule has 18 heavy (non-hydrogen) atoms. The van der Waals surface area contributed by atoms with Gasteiger partial charge in [0.2, 0.25) is 0 Å². The molecule has 1 N–H and O–H groups in total. The van der Waals surface area contributed by atoms with Gasteiger partial charge in [0.15, 0.2) is 0 Å². The Morgan fingerprint density at radius 2 is 1.89 bits per heavy atom. The molecule has 2 aliphatic rings. The van der Waals surface area contributed by atoms with E-state index in [1.54, 1.807) is 7.11 Å². The molecule has 2 atom stereocenters. The van der Waals surface area contributed by atoms with Crippen molar-refractivity contribution in [3.05, 3.63) is 0 Å². The Bertz CT molecular complexity index is 239. The second-order valence-electron chi connectivity index (χ2n) is 6.72. The number of nitrogens with one attached hydrogen (secondary N) is 1. The molecule has 0 heterocycles. The number of ether oxygens (including phenoxy) is 1. The van der Waals surface area contributed by atoms with Gasteiger partial charge in [0, 0.05) is 20.2 Å². The van der Waals surface area contributed by atoms with E-state index in [0.717, 1.165) is 30.9 Å². The van der Waals surface area contributed by atoms with Gasteiger partial charge in [-0.25, -0.2) is 0 Å². The van der Waals surface area contributed by atoms with Gasteiger partial charge in [0.25, 0.3) is 0 Å². The first-order valence-electron chi connectivity index (χ1n) is 7.92. The van der Waals surface area contributed by atoms with Crippen molar-refractivity contribution in [1.29, 1.82) is 0 Å². The van der Waals surface area contributed by atoms with Crippen LogP contribution in [0.15, 0.2) is 0 Å². The largest absolute Gasteiger partial charge is 0.383 e. The van der Waals surface area contributed by atoms with Gasteiger partial charge in [0.05, 0.1) is 6.61 Å². The van der Waals surface area contributed by atoms with Crippen molar-refractivity contribution >= 4 is 0 Å². The zero-order chi connectivity index (χ0) is 13.0. The Balaban J connectivity index is 1.83. The van der Waals surface area contributed by atoms with Crippen LogP contribution in [0.25, 0.3) is 0 Å². The fourth-order valence-corrected chi connectivity index (χ4v) is 4.11. The molecule has 0 aromatic carbocycles. The van der Waals surface area contributed by atoms with E-state index in [1.807, 2.05) is 0 Å². The lowest BCUT2D eigenvalue weighted by Crippen LogP contribution is -2.36. The molecule has 0 saturated heterocycles. The summed E-state index contributed by atoms with van der Waals surface area (Å²) in [5.74, 6) is 3.11. The second kappa shape index (κ2) is 6.38. The minimum absolute atomic E-state index is 0.623. The first-order valence-corrected chi connectivity index (χ1v) is 7.92. The molecule has 0 aromatic heterocycles. The Morgan fingerprint density at radius 1 is 1.22 bits per heavy atom. The van der Waals surface area contributed by atoms with Crippen molar-refractivity contribution in [3.8, 4) is 0 Å². The normalized spacial score (nSPS) is 34.0. The molecule has 2 saturated carbocycles. The summed E-state index contributed by atoms with van der Waals surface area (Å²) in [6.07, 6.45) is 8.68. The summed E-state index contributed by atoms with van der Waals surface area (Å²) in [7, 11) is 1.78.